The molecule has 0 fully saturated rings. The summed E-state index contributed by atoms with van der Waals surface area (Å²) >= 11 is 0. The van der Waals surface area contributed by atoms with Crippen molar-refractivity contribution in [1.29, 1.82) is 0 Å². The van der Waals surface area contributed by atoms with Crippen LogP contribution in [-0.2, 0) is 10.3 Å². The van der Waals surface area contributed by atoms with Crippen LogP contribution in [-0.4, -0.2) is 6.61 Å². The molecule has 1 aliphatic heterocycles. The van der Waals surface area contributed by atoms with Crippen LogP contribution < -0.4 is 0 Å². The average Bonchev–Trinajstić information content (AvgIpc) is 3.10. The molecule has 0 aromatic heterocycles. The van der Waals surface area contributed by atoms with Crippen molar-refractivity contribution >= 4 is 0 Å². The zero-order valence-electron chi connectivity index (χ0n) is 17.6. The van der Waals surface area contributed by atoms with Crippen molar-refractivity contribution in [3.05, 3.63) is 118 Å². The number of aryl methyl sites for hydroxylation is 2. The fraction of sp³-hybridized carbons (Fsp3) is 0.172. The van der Waals surface area contributed by atoms with Crippen LogP contribution in [0.2, 0.25) is 0 Å². The highest BCUT2D eigenvalue weighted by atomic mass is 16.5. The highest BCUT2D eigenvalue weighted by Crippen LogP contribution is 2.40. The summed E-state index contributed by atoms with van der Waals surface area (Å²) in [5.74, 6) is 13.3. The van der Waals surface area contributed by atoms with Crippen molar-refractivity contribution in [2.24, 2.45) is 0 Å². The minimum Gasteiger partial charge on any atom is -0.360 e. The molecule has 1 atom stereocenters. The van der Waals surface area contributed by atoms with E-state index in [2.05, 4.69) is 93.0 Å². The van der Waals surface area contributed by atoms with Crippen molar-refractivity contribution in [3.8, 4) is 23.7 Å². The summed E-state index contributed by atoms with van der Waals surface area (Å²) in [6.45, 7) is 6.70. The van der Waals surface area contributed by atoms with Crippen LogP contribution >= 0.6 is 0 Å². The Morgan fingerprint density at radius 1 is 0.667 bits per heavy atom. The third-order valence-electron chi connectivity index (χ3n) is 5.40. The highest BCUT2D eigenvalue weighted by Gasteiger charge is 2.38. The predicted molar refractivity (Wildman–Crippen MR) is 123 cm³/mol. The normalized spacial score (nSPS) is 17.7. The Labute approximate surface area is 179 Å². The SMILES string of the molecule is Cc1ccc(C#CC2=C(C#Cc3ccc(C)cc3)C(C)(c3ccccc3)OC2)cc1. The summed E-state index contributed by atoms with van der Waals surface area (Å²) < 4.78 is 6.29. The van der Waals surface area contributed by atoms with Crippen molar-refractivity contribution in [2.45, 2.75) is 26.4 Å². The van der Waals surface area contributed by atoms with Crippen LogP contribution in [0.15, 0.2) is 90.0 Å². The van der Waals surface area contributed by atoms with Crippen LogP contribution in [0.1, 0.15) is 34.7 Å². The summed E-state index contributed by atoms with van der Waals surface area (Å²) in [7, 11) is 0. The smallest absolute Gasteiger partial charge is 0.124 e. The molecule has 0 aliphatic carbocycles. The Morgan fingerprint density at radius 3 is 1.77 bits per heavy atom. The molecule has 3 aromatic carbocycles. The van der Waals surface area contributed by atoms with Gasteiger partial charge < -0.3 is 4.74 Å². The lowest BCUT2D eigenvalue weighted by atomic mass is 9.87. The maximum absolute atomic E-state index is 6.29. The fourth-order valence-corrected chi connectivity index (χ4v) is 3.48. The second-order valence-corrected chi connectivity index (χ2v) is 7.77. The quantitative estimate of drug-likeness (QED) is 0.468. The number of benzene rings is 3. The largest absolute Gasteiger partial charge is 0.360 e. The zero-order valence-corrected chi connectivity index (χ0v) is 17.6. The van der Waals surface area contributed by atoms with Gasteiger partial charge in [-0.05, 0) is 50.6 Å². The van der Waals surface area contributed by atoms with Crippen LogP contribution in [0.25, 0.3) is 0 Å². The molecule has 0 N–H and O–H groups in total. The fourth-order valence-electron chi connectivity index (χ4n) is 3.48. The Balaban J connectivity index is 1.78. The van der Waals surface area contributed by atoms with Gasteiger partial charge in [0.1, 0.15) is 5.60 Å². The maximum Gasteiger partial charge on any atom is 0.124 e. The first kappa shape index (κ1) is 19.8. The number of rotatable bonds is 1. The minimum atomic E-state index is -0.601. The third-order valence-corrected chi connectivity index (χ3v) is 5.40. The lowest BCUT2D eigenvalue weighted by molar-refractivity contribution is 0.0332. The summed E-state index contributed by atoms with van der Waals surface area (Å²) in [6, 6.07) is 26.8. The Kier molecular flexibility index (Phi) is 5.58. The summed E-state index contributed by atoms with van der Waals surface area (Å²) in [5.41, 5.74) is 6.80. The van der Waals surface area contributed by atoms with Crippen LogP contribution in [0, 0.1) is 37.5 Å². The number of hydrogen-bond acceptors (Lipinski definition) is 1. The predicted octanol–water partition coefficient (Wildman–Crippen LogP) is 5.95. The molecule has 146 valence electrons. The minimum absolute atomic E-state index is 0.460. The molecule has 0 radical (unpaired) electrons. The first-order valence-corrected chi connectivity index (χ1v) is 10.1. The van der Waals surface area contributed by atoms with E-state index >= 15 is 0 Å². The van der Waals surface area contributed by atoms with E-state index in [0.717, 1.165) is 27.8 Å². The van der Waals surface area contributed by atoms with E-state index in [9.17, 15) is 0 Å². The molecular weight excluding hydrogens is 364 g/mol. The molecule has 0 bridgehead atoms. The van der Waals surface area contributed by atoms with Gasteiger partial charge in [0, 0.05) is 16.7 Å². The van der Waals surface area contributed by atoms with Gasteiger partial charge in [0.2, 0.25) is 0 Å². The van der Waals surface area contributed by atoms with E-state index in [0.29, 0.717) is 6.61 Å². The number of hydrogen-bond donors (Lipinski definition) is 0. The molecule has 0 spiro atoms. The summed E-state index contributed by atoms with van der Waals surface area (Å²) in [5, 5.41) is 0. The molecule has 1 unspecified atom stereocenters. The summed E-state index contributed by atoms with van der Waals surface area (Å²) in [6.07, 6.45) is 0. The molecule has 0 saturated carbocycles. The second kappa shape index (κ2) is 8.46. The Hall–Kier alpha value is -3.52. The topological polar surface area (TPSA) is 9.23 Å². The lowest BCUT2D eigenvalue weighted by Gasteiger charge is -2.25. The van der Waals surface area contributed by atoms with E-state index < -0.39 is 5.60 Å². The highest BCUT2D eigenvalue weighted by molar-refractivity contribution is 5.57. The second-order valence-electron chi connectivity index (χ2n) is 7.77. The number of ether oxygens (including phenoxy) is 1. The average molecular weight is 389 g/mol. The lowest BCUT2D eigenvalue weighted by Crippen LogP contribution is -2.23. The van der Waals surface area contributed by atoms with Gasteiger partial charge in [-0.2, -0.15) is 0 Å². The molecule has 4 rings (SSSR count). The van der Waals surface area contributed by atoms with Gasteiger partial charge in [0.05, 0.1) is 12.2 Å². The van der Waals surface area contributed by atoms with Crippen molar-refractivity contribution < 1.29 is 4.74 Å². The first-order valence-electron chi connectivity index (χ1n) is 10.1. The third kappa shape index (κ3) is 4.23. The summed E-state index contributed by atoms with van der Waals surface area (Å²) in [4.78, 5) is 0. The zero-order chi connectivity index (χ0) is 21.0. The van der Waals surface area contributed by atoms with E-state index in [1.54, 1.807) is 0 Å². The van der Waals surface area contributed by atoms with Gasteiger partial charge in [-0.15, -0.1) is 0 Å². The standard InChI is InChI=1S/C29H24O/c1-22-9-13-24(14-10-22)17-19-26-21-30-29(3,27-7-5-4-6-8-27)28(26)20-18-25-15-11-23(2)12-16-25/h4-16H,21H2,1-3H3. The van der Waals surface area contributed by atoms with E-state index in [-0.39, 0.29) is 0 Å². The Bertz CT molecular complexity index is 1190. The molecule has 30 heavy (non-hydrogen) atoms. The van der Waals surface area contributed by atoms with E-state index in [4.69, 9.17) is 4.74 Å². The Morgan fingerprint density at radius 2 is 1.20 bits per heavy atom. The molecule has 1 heteroatoms. The van der Waals surface area contributed by atoms with Crippen molar-refractivity contribution in [2.75, 3.05) is 6.61 Å². The molecule has 1 aliphatic rings. The van der Waals surface area contributed by atoms with Crippen LogP contribution in [0.5, 0.6) is 0 Å². The van der Waals surface area contributed by atoms with Crippen molar-refractivity contribution in [1.82, 2.24) is 0 Å². The monoisotopic (exact) mass is 388 g/mol. The van der Waals surface area contributed by atoms with Gasteiger partial charge in [-0.25, -0.2) is 0 Å². The molecule has 3 aromatic rings. The molecule has 1 heterocycles. The van der Waals surface area contributed by atoms with Gasteiger partial charge in [0.15, 0.2) is 0 Å². The van der Waals surface area contributed by atoms with Crippen LogP contribution in [0.4, 0.5) is 0 Å². The molecule has 0 saturated heterocycles. The molecular formula is C29H24O. The molecule has 1 nitrogen and oxygen atoms in total. The molecule has 0 amide bonds. The van der Waals surface area contributed by atoms with E-state index in [1.165, 1.54) is 11.1 Å². The van der Waals surface area contributed by atoms with Gasteiger partial charge in [-0.3, -0.25) is 0 Å². The van der Waals surface area contributed by atoms with Crippen LogP contribution in [0.3, 0.4) is 0 Å². The van der Waals surface area contributed by atoms with Crippen molar-refractivity contribution in [3.63, 3.8) is 0 Å². The van der Waals surface area contributed by atoms with E-state index in [1.807, 2.05) is 30.3 Å². The first-order chi connectivity index (χ1) is 14.5. The maximum atomic E-state index is 6.29. The van der Waals surface area contributed by atoms with Gasteiger partial charge in [0.25, 0.3) is 0 Å². The van der Waals surface area contributed by atoms with Gasteiger partial charge in [-0.1, -0.05) is 89.4 Å². The van der Waals surface area contributed by atoms with Gasteiger partial charge >= 0.3 is 0 Å².